The van der Waals surface area contributed by atoms with Crippen LogP contribution in [0, 0.1) is 0 Å². The Labute approximate surface area is 107 Å². The molecule has 2 aromatic heterocycles. The lowest BCUT2D eigenvalue weighted by Crippen LogP contribution is -2.09. The van der Waals surface area contributed by atoms with E-state index in [1.165, 1.54) is 0 Å². The Morgan fingerprint density at radius 1 is 1.32 bits per heavy atom. The molecule has 0 bridgehead atoms. The molecule has 7 heteroatoms. The van der Waals surface area contributed by atoms with Crippen LogP contribution in [0.2, 0.25) is 0 Å². The van der Waals surface area contributed by atoms with Gasteiger partial charge in [-0.1, -0.05) is 12.1 Å². The molecule has 3 aromatic rings. The molecule has 1 unspecified atom stereocenters. The van der Waals surface area contributed by atoms with Gasteiger partial charge in [-0.2, -0.15) is 0 Å². The largest absolute Gasteiger partial charge is 0.493 e. The highest BCUT2D eigenvalue weighted by molar-refractivity contribution is 5.75. The number of hydrogen-bond donors (Lipinski definition) is 4. The number of aromatic nitrogens is 4. The van der Waals surface area contributed by atoms with Crippen LogP contribution in [0.1, 0.15) is 17.6 Å². The molecule has 19 heavy (non-hydrogen) atoms. The number of fused-ring (bicyclic) bond motifs is 1. The van der Waals surface area contributed by atoms with Crippen molar-refractivity contribution in [3.63, 3.8) is 0 Å². The SMILES string of the molecule is Cn1c(C(O)c2[nH]c(=O)[nH]c2O)nc2ccccc21. The van der Waals surface area contributed by atoms with Gasteiger partial charge in [-0.15, -0.1) is 0 Å². The van der Waals surface area contributed by atoms with E-state index in [-0.39, 0.29) is 11.6 Å². The van der Waals surface area contributed by atoms with Crippen molar-refractivity contribution in [2.75, 3.05) is 0 Å². The number of hydrogen-bond acceptors (Lipinski definition) is 4. The van der Waals surface area contributed by atoms with Crippen LogP contribution in [0.3, 0.4) is 0 Å². The Morgan fingerprint density at radius 2 is 2.05 bits per heavy atom. The summed E-state index contributed by atoms with van der Waals surface area (Å²) in [6, 6.07) is 7.42. The van der Waals surface area contributed by atoms with Crippen LogP contribution in [0.5, 0.6) is 5.88 Å². The molecule has 0 amide bonds. The van der Waals surface area contributed by atoms with Crippen molar-refractivity contribution in [1.82, 2.24) is 19.5 Å². The van der Waals surface area contributed by atoms with E-state index < -0.39 is 11.8 Å². The van der Waals surface area contributed by atoms with Crippen LogP contribution in [0.25, 0.3) is 11.0 Å². The first-order valence-corrected chi connectivity index (χ1v) is 5.68. The number of nitrogens with one attached hydrogen (secondary N) is 2. The highest BCUT2D eigenvalue weighted by Crippen LogP contribution is 2.26. The molecule has 3 rings (SSSR count). The Kier molecular flexibility index (Phi) is 2.42. The molecule has 0 aliphatic carbocycles. The van der Waals surface area contributed by atoms with Gasteiger partial charge in [0.1, 0.15) is 11.5 Å². The van der Waals surface area contributed by atoms with E-state index >= 15 is 0 Å². The molecule has 7 nitrogen and oxygen atoms in total. The second-order valence-electron chi connectivity index (χ2n) is 4.26. The third-order valence-electron chi connectivity index (χ3n) is 3.07. The summed E-state index contributed by atoms with van der Waals surface area (Å²) in [7, 11) is 1.76. The third-order valence-corrected chi connectivity index (χ3v) is 3.07. The van der Waals surface area contributed by atoms with Crippen LogP contribution in [-0.2, 0) is 7.05 Å². The highest BCUT2D eigenvalue weighted by Gasteiger charge is 2.23. The molecule has 0 spiro atoms. The average Bonchev–Trinajstić information content (AvgIpc) is 2.90. The predicted molar refractivity (Wildman–Crippen MR) is 67.9 cm³/mol. The van der Waals surface area contributed by atoms with Gasteiger partial charge in [-0.25, -0.2) is 9.78 Å². The van der Waals surface area contributed by atoms with Crippen molar-refractivity contribution < 1.29 is 10.2 Å². The minimum absolute atomic E-state index is 0.00315. The van der Waals surface area contributed by atoms with Gasteiger partial charge < -0.3 is 19.8 Å². The topological polar surface area (TPSA) is 107 Å². The molecule has 98 valence electrons. The lowest BCUT2D eigenvalue weighted by molar-refractivity contribution is 0.197. The summed E-state index contributed by atoms with van der Waals surface area (Å²) < 4.78 is 1.71. The Bertz CT molecular complexity index is 799. The van der Waals surface area contributed by atoms with Crippen molar-refractivity contribution in [1.29, 1.82) is 0 Å². The molecule has 0 aliphatic rings. The lowest BCUT2D eigenvalue weighted by atomic mass is 10.2. The van der Waals surface area contributed by atoms with E-state index in [0.717, 1.165) is 11.0 Å². The van der Waals surface area contributed by atoms with E-state index in [0.29, 0.717) is 5.82 Å². The number of H-pyrrole nitrogens is 2. The average molecular weight is 260 g/mol. The molecule has 4 N–H and O–H groups in total. The van der Waals surface area contributed by atoms with Gasteiger partial charge in [0.25, 0.3) is 0 Å². The smallest absolute Gasteiger partial charge is 0.326 e. The zero-order valence-electron chi connectivity index (χ0n) is 10.1. The number of aromatic hydroxyl groups is 1. The third kappa shape index (κ3) is 1.71. The van der Waals surface area contributed by atoms with Crippen molar-refractivity contribution >= 4 is 11.0 Å². The maximum absolute atomic E-state index is 11.1. The normalized spacial score (nSPS) is 12.9. The van der Waals surface area contributed by atoms with Gasteiger partial charge in [0.05, 0.1) is 11.0 Å². The second kappa shape index (κ2) is 3.99. The van der Waals surface area contributed by atoms with Gasteiger partial charge in [0.2, 0.25) is 5.88 Å². The number of aryl methyl sites for hydroxylation is 1. The Balaban J connectivity index is 2.16. The maximum atomic E-state index is 11.1. The molecule has 1 atom stereocenters. The van der Waals surface area contributed by atoms with Gasteiger partial charge >= 0.3 is 5.69 Å². The molecule has 0 saturated heterocycles. The molecule has 2 heterocycles. The molecule has 0 aliphatic heterocycles. The Hall–Kier alpha value is -2.54. The summed E-state index contributed by atoms with van der Waals surface area (Å²) in [5, 5.41) is 19.8. The fourth-order valence-corrected chi connectivity index (χ4v) is 2.12. The van der Waals surface area contributed by atoms with Crippen LogP contribution < -0.4 is 5.69 Å². The number of rotatable bonds is 2. The molecule has 1 aromatic carbocycles. The lowest BCUT2D eigenvalue weighted by Gasteiger charge is -2.08. The van der Waals surface area contributed by atoms with Crippen LogP contribution >= 0.6 is 0 Å². The molecular weight excluding hydrogens is 248 g/mol. The van der Waals surface area contributed by atoms with E-state index in [4.69, 9.17) is 0 Å². The monoisotopic (exact) mass is 260 g/mol. The summed E-state index contributed by atoms with van der Waals surface area (Å²) in [6.45, 7) is 0. The number of nitrogens with zero attached hydrogens (tertiary/aromatic N) is 2. The number of aliphatic hydroxyl groups is 1. The number of aliphatic hydroxyl groups excluding tert-OH is 1. The van der Waals surface area contributed by atoms with Crippen molar-refractivity contribution in [3.8, 4) is 5.88 Å². The minimum atomic E-state index is -1.21. The standard InChI is InChI=1S/C12H12N4O3/c1-16-7-5-3-2-4-6(7)13-10(16)9(17)8-11(18)15-12(19)14-8/h2-5,9,17-18H,1H3,(H2,14,15,19). The molecular formula is C12H12N4O3. The maximum Gasteiger partial charge on any atom is 0.326 e. The summed E-state index contributed by atoms with van der Waals surface area (Å²) in [5.74, 6) is -0.0451. The van der Waals surface area contributed by atoms with E-state index in [2.05, 4.69) is 15.0 Å². The fraction of sp³-hybridized carbons (Fsp3) is 0.167. The quantitative estimate of drug-likeness (QED) is 0.534. The minimum Gasteiger partial charge on any atom is -0.493 e. The van der Waals surface area contributed by atoms with E-state index in [9.17, 15) is 15.0 Å². The van der Waals surface area contributed by atoms with Crippen LogP contribution in [0.4, 0.5) is 0 Å². The summed E-state index contributed by atoms with van der Waals surface area (Å²) in [6.07, 6.45) is -1.21. The summed E-state index contributed by atoms with van der Waals surface area (Å²) >= 11 is 0. The van der Waals surface area contributed by atoms with Gasteiger partial charge in [0, 0.05) is 7.05 Å². The Morgan fingerprint density at radius 3 is 2.68 bits per heavy atom. The predicted octanol–water partition coefficient (Wildman–Crippen LogP) is 0.377. The van der Waals surface area contributed by atoms with Crippen LogP contribution in [0.15, 0.2) is 29.1 Å². The van der Waals surface area contributed by atoms with Gasteiger partial charge in [0.15, 0.2) is 6.10 Å². The van der Waals surface area contributed by atoms with Crippen molar-refractivity contribution in [2.24, 2.45) is 7.05 Å². The van der Waals surface area contributed by atoms with Crippen LogP contribution in [-0.4, -0.2) is 29.7 Å². The number of para-hydroxylation sites is 2. The summed E-state index contributed by atoms with van der Waals surface area (Å²) in [4.78, 5) is 19.9. The first-order chi connectivity index (χ1) is 9.08. The number of benzene rings is 1. The van der Waals surface area contributed by atoms with Crippen molar-refractivity contribution in [2.45, 2.75) is 6.10 Å². The highest BCUT2D eigenvalue weighted by atomic mass is 16.3. The first kappa shape index (κ1) is 11.5. The number of imidazole rings is 2. The zero-order valence-corrected chi connectivity index (χ0v) is 10.1. The second-order valence-corrected chi connectivity index (χ2v) is 4.26. The first-order valence-electron chi connectivity index (χ1n) is 5.68. The number of aromatic amines is 2. The molecule has 0 saturated carbocycles. The summed E-state index contributed by atoms with van der Waals surface area (Å²) in [5.41, 5.74) is 1.01. The van der Waals surface area contributed by atoms with Crippen molar-refractivity contribution in [3.05, 3.63) is 46.3 Å². The van der Waals surface area contributed by atoms with E-state index in [1.807, 2.05) is 24.3 Å². The zero-order chi connectivity index (χ0) is 13.6. The molecule has 0 fully saturated rings. The fourth-order valence-electron chi connectivity index (χ4n) is 2.12. The molecule has 0 radical (unpaired) electrons. The van der Waals surface area contributed by atoms with Gasteiger partial charge in [-0.05, 0) is 12.1 Å². The van der Waals surface area contributed by atoms with E-state index in [1.54, 1.807) is 11.6 Å². The van der Waals surface area contributed by atoms with Gasteiger partial charge in [-0.3, -0.25) is 4.98 Å².